The van der Waals surface area contributed by atoms with Gasteiger partial charge < -0.3 is 52.6 Å². The van der Waals surface area contributed by atoms with Crippen LogP contribution in [0, 0.1) is 0 Å². The van der Waals surface area contributed by atoms with E-state index in [1.807, 2.05) is 6.92 Å². The van der Waals surface area contributed by atoms with E-state index in [4.69, 9.17) is 26.7 Å². The fraction of sp³-hybridized carbons (Fsp3) is 0.938. The maximum Gasteiger partial charge on any atom is 0.234 e. The molecule has 0 aromatic carbocycles. The molecule has 2 rings (SSSR count). The van der Waals surface area contributed by atoms with E-state index in [0.717, 1.165) is 0 Å². The highest BCUT2D eigenvalue weighted by Gasteiger charge is 2.51. The number of rotatable bonds is 6. The lowest BCUT2D eigenvalue weighted by Gasteiger charge is -2.48. The molecule has 0 radical (unpaired) electrons. The lowest BCUT2D eigenvalue weighted by atomic mass is 9.81. The van der Waals surface area contributed by atoms with Gasteiger partial charge in [-0.05, 0) is 26.8 Å². The highest BCUT2D eigenvalue weighted by Crippen LogP contribution is 2.28. The molecule has 158 valence electrons. The zero-order valence-corrected chi connectivity index (χ0v) is 15.7. The lowest BCUT2D eigenvalue weighted by molar-refractivity contribution is -0.263. The molecular weight excluding hydrogens is 358 g/mol. The number of likely N-dealkylation sites (N-methyl/N-ethyl adjacent to an activating group) is 1. The van der Waals surface area contributed by atoms with Gasteiger partial charge in [-0.3, -0.25) is 4.79 Å². The van der Waals surface area contributed by atoms with Gasteiger partial charge in [0.05, 0.1) is 36.9 Å². The largest absolute Gasteiger partial charge is 0.389 e. The number of carbonyl (C=O) groups is 1. The predicted molar refractivity (Wildman–Crippen MR) is 96.2 cm³/mol. The molecule has 2 fully saturated rings. The Labute approximate surface area is 158 Å². The van der Waals surface area contributed by atoms with Crippen LogP contribution >= 0.6 is 0 Å². The van der Waals surface area contributed by atoms with E-state index in [9.17, 15) is 20.1 Å². The van der Waals surface area contributed by atoms with Crippen LogP contribution in [0.1, 0.15) is 19.8 Å². The van der Waals surface area contributed by atoms with E-state index < -0.39 is 54.7 Å². The van der Waals surface area contributed by atoms with Gasteiger partial charge in [0.1, 0.15) is 18.3 Å². The molecule has 0 spiro atoms. The first-order valence-corrected chi connectivity index (χ1v) is 9.24. The molecule has 10 atom stereocenters. The zero-order valence-electron chi connectivity index (χ0n) is 15.7. The van der Waals surface area contributed by atoms with Gasteiger partial charge in [0.2, 0.25) is 5.91 Å². The van der Waals surface area contributed by atoms with E-state index in [-0.39, 0.29) is 18.7 Å². The number of carbonyl (C=O) groups excluding carboxylic acids is 1. The number of hydrogen-bond donors (Lipinski definition) is 8. The minimum absolute atomic E-state index is 0.231. The average molecular weight is 391 g/mol. The Morgan fingerprint density at radius 3 is 2.41 bits per heavy atom. The molecule has 1 saturated heterocycles. The molecule has 0 aromatic rings. The van der Waals surface area contributed by atoms with Crippen LogP contribution in [0.3, 0.4) is 0 Å². The Balaban J connectivity index is 2.22. The van der Waals surface area contributed by atoms with Crippen LogP contribution in [0.2, 0.25) is 0 Å². The van der Waals surface area contributed by atoms with Gasteiger partial charge in [0.15, 0.2) is 6.29 Å². The third kappa shape index (κ3) is 4.94. The lowest BCUT2D eigenvalue weighted by Crippen LogP contribution is -2.72. The fourth-order valence-electron chi connectivity index (χ4n) is 3.67. The Hall–Kier alpha value is -0.890. The minimum Gasteiger partial charge on any atom is -0.389 e. The van der Waals surface area contributed by atoms with Crippen molar-refractivity contribution in [1.29, 1.82) is 0 Å². The molecule has 0 aromatic heterocycles. The highest BCUT2D eigenvalue weighted by atomic mass is 16.7. The Morgan fingerprint density at radius 1 is 1.22 bits per heavy atom. The van der Waals surface area contributed by atoms with Crippen LogP contribution in [0.25, 0.3) is 0 Å². The molecular formula is C16H33N5O6. The molecule has 1 amide bonds. The van der Waals surface area contributed by atoms with E-state index >= 15 is 0 Å². The Kier molecular flexibility index (Phi) is 7.92. The maximum absolute atomic E-state index is 11.8. The first kappa shape index (κ1) is 22.4. The van der Waals surface area contributed by atoms with Crippen LogP contribution in [-0.2, 0) is 14.3 Å². The van der Waals surface area contributed by atoms with Crippen LogP contribution in [0.15, 0.2) is 0 Å². The van der Waals surface area contributed by atoms with Crippen LogP contribution in [0.5, 0.6) is 0 Å². The number of hydrogen-bond acceptors (Lipinski definition) is 10. The molecule has 2 aliphatic rings. The van der Waals surface area contributed by atoms with Gasteiger partial charge in [-0.2, -0.15) is 0 Å². The molecule has 11 heteroatoms. The first-order chi connectivity index (χ1) is 12.7. The topological polar surface area (TPSA) is 198 Å². The van der Waals surface area contributed by atoms with Crippen molar-refractivity contribution < 1.29 is 29.6 Å². The van der Waals surface area contributed by atoms with Gasteiger partial charge >= 0.3 is 0 Å². The SMILES string of the molecule is CNC1[C@H](O)[C@H](O)[C@@H](NC(=O)CN)[C@@H](O[C@@H]2O[C@@H](C(C)N)CC[C@H]2N)[C@H]1O. The maximum atomic E-state index is 11.8. The van der Waals surface area contributed by atoms with Crippen molar-refractivity contribution in [2.24, 2.45) is 17.2 Å². The van der Waals surface area contributed by atoms with E-state index in [2.05, 4.69) is 10.6 Å². The molecule has 11 nitrogen and oxygen atoms in total. The molecule has 1 saturated carbocycles. The van der Waals surface area contributed by atoms with Crippen molar-refractivity contribution in [1.82, 2.24) is 10.6 Å². The summed E-state index contributed by atoms with van der Waals surface area (Å²) in [6.45, 7) is 1.50. The van der Waals surface area contributed by atoms with Gasteiger partial charge in [0.25, 0.3) is 0 Å². The minimum atomic E-state index is -1.39. The van der Waals surface area contributed by atoms with Crippen molar-refractivity contribution in [2.45, 2.75) is 80.7 Å². The first-order valence-electron chi connectivity index (χ1n) is 9.24. The van der Waals surface area contributed by atoms with Gasteiger partial charge in [-0.15, -0.1) is 0 Å². The number of aliphatic hydroxyl groups is 3. The molecule has 1 heterocycles. The zero-order chi connectivity index (χ0) is 20.3. The normalized spacial score (nSPS) is 43.9. The van der Waals surface area contributed by atoms with E-state index in [1.54, 1.807) is 0 Å². The second-order valence-electron chi connectivity index (χ2n) is 7.33. The Morgan fingerprint density at radius 2 is 1.85 bits per heavy atom. The second-order valence-corrected chi connectivity index (χ2v) is 7.33. The third-order valence-corrected chi connectivity index (χ3v) is 5.31. The second kappa shape index (κ2) is 9.54. The summed E-state index contributed by atoms with van der Waals surface area (Å²) in [5.41, 5.74) is 17.3. The van der Waals surface area contributed by atoms with Crippen molar-refractivity contribution in [3.05, 3.63) is 0 Å². The number of amides is 1. The van der Waals surface area contributed by atoms with Gasteiger partial charge in [0, 0.05) is 6.04 Å². The van der Waals surface area contributed by atoms with Crippen LogP contribution in [0.4, 0.5) is 0 Å². The van der Waals surface area contributed by atoms with Crippen molar-refractivity contribution in [3.8, 4) is 0 Å². The van der Waals surface area contributed by atoms with Crippen LogP contribution in [-0.4, -0.2) is 95.8 Å². The smallest absolute Gasteiger partial charge is 0.234 e. The monoisotopic (exact) mass is 391 g/mol. The number of ether oxygens (including phenoxy) is 2. The predicted octanol–water partition coefficient (Wildman–Crippen LogP) is -4.32. The average Bonchev–Trinajstić information content (AvgIpc) is 2.64. The molecule has 1 aliphatic carbocycles. The summed E-state index contributed by atoms with van der Waals surface area (Å²) in [6.07, 6.45) is -4.90. The third-order valence-electron chi connectivity index (χ3n) is 5.31. The standard InChI is InChI=1S/C16H33N5O6/c1-6(18)8-4-3-7(19)16(26-8)27-15-11(21-9(22)5-17)13(24)12(23)10(20-2)14(15)25/h6-8,10-16,20,23-25H,3-5,17-19H2,1-2H3,(H,21,22)/t6?,7-,8-,10?,11-,12+,13-,14+,15-,16+/m1/s1. The summed E-state index contributed by atoms with van der Waals surface area (Å²) in [4.78, 5) is 11.8. The fourth-order valence-corrected chi connectivity index (χ4v) is 3.67. The van der Waals surface area contributed by atoms with Gasteiger partial charge in [-0.1, -0.05) is 0 Å². The summed E-state index contributed by atoms with van der Waals surface area (Å²) in [5, 5.41) is 36.7. The van der Waals surface area contributed by atoms with E-state index in [1.165, 1.54) is 7.05 Å². The summed E-state index contributed by atoms with van der Waals surface area (Å²) in [6, 6.07) is -2.66. The van der Waals surface area contributed by atoms with Crippen LogP contribution < -0.4 is 27.8 Å². The summed E-state index contributed by atoms with van der Waals surface area (Å²) < 4.78 is 11.8. The van der Waals surface area contributed by atoms with E-state index in [0.29, 0.717) is 12.8 Å². The molecule has 1 aliphatic heterocycles. The van der Waals surface area contributed by atoms with Crippen molar-refractivity contribution in [3.63, 3.8) is 0 Å². The molecule has 11 N–H and O–H groups in total. The summed E-state index contributed by atoms with van der Waals surface area (Å²) >= 11 is 0. The van der Waals surface area contributed by atoms with Crippen molar-refractivity contribution >= 4 is 5.91 Å². The van der Waals surface area contributed by atoms with Gasteiger partial charge in [-0.25, -0.2) is 0 Å². The quantitative estimate of drug-likeness (QED) is 0.219. The summed E-state index contributed by atoms with van der Waals surface area (Å²) in [5.74, 6) is -0.558. The highest BCUT2D eigenvalue weighted by molar-refractivity contribution is 5.78. The molecule has 27 heavy (non-hydrogen) atoms. The number of nitrogens with one attached hydrogen (secondary N) is 2. The molecule has 0 bridgehead atoms. The Bertz CT molecular complexity index is 498. The number of aliphatic hydroxyl groups excluding tert-OH is 3. The van der Waals surface area contributed by atoms with Crippen molar-refractivity contribution in [2.75, 3.05) is 13.6 Å². The molecule has 2 unspecified atom stereocenters. The summed E-state index contributed by atoms with van der Waals surface area (Å²) in [7, 11) is 1.54. The number of nitrogens with two attached hydrogens (primary N) is 3.